The third-order valence-corrected chi connectivity index (χ3v) is 1.75. The van der Waals surface area contributed by atoms with Crippen LogP contribution in [0.3, 0.4) is 0 Å². The second kappa shape index (κ2) is 5.64. The van der Waals surface area contributed by atoms with Gasteiger partial charge in [0.2, 0.25) is 5.91 Å². The van der Waals surface area contributed by atoms with Crippen LogP contribution >= 0.6 is 0 Å². The maximum atomic E-state index is 11.2. The van der Waals surface area contributed by atoms with Crippen LogP contribution in [0.25, 0.3) is 0 Å². The standard InChI is InChI=1S/C8H16N2O5/c1-8(14,7(12)13)4-10-6(11)5(9)3-15-2/h5,14H,3-4,9H2,1-2H3,(H,10,11)(H,12,13). The summed E-state index contributed by atoms with van der Waals surface area (Å²) in [5, 5.41) is 20.0. The molecule has 0 heterocycles. The quantitative estimate of drug-likeness (QED) is 0.407. The van der Waals surface area contributed by atoms with Crippen LogP contribution in [0.2, 0.25) is 0 Å². The van der Waals surface area contributed by atoms with Crippen molar-refractivity contribution < 1.29 is 24.5 Å². The number of carboxylic acids is 1. The van der Waals surface area contributed by atoms with Crippen molar-refractivity contribution in [2.45, 2.75) is 18.6 Å². The maximum absolute atomic E-state index is 11.2. The Morgan fingerprint density at radius 1 is 1.60 bits per heavy atom. The number of nitrogens with one attached hydrogen (secondary N) is 1. The number of methoxy groups -OCH3 is 1. The molecule has 0 fully saturated rings. The highest BCUT2D eigenvalue weighted by atomic mass is 16.5. The number of nitrogens with two attached hydrogens (primary N) is 1. The number of aliphatic carboxylic acids is 1. The molecule has 0 spiro atoms. The Labute approximate surface area is 87.2 Å². The second-order valence-electron chi connectivity index (χ2n) is 3.36. The fourth-order valence-corrected chi connectivity index (χ4v) is 0.721. The van der Waals surface area contributed by atoms with Crippen LogP contribution in [-0.2, 0) is 14.3 Å². The first-order valence-corrected chi connectivity index (χ1v) is 4.29. The van der Waals surface area contributed by atoms with Crippen molar-refractivity contribution in [1.29, 1.82) is 0 Å². The first-order valence-electron chi connectivity index (χ1n) is 4.29. The molecule has 0 aromatic carbocycles. The van der Waals surface area contributed by atoms with Gasteiger partial charge in [-0.25, -0.2) is 4.79 Å². The fourth-order valence-electron chi connectivity index (χ4n) is 0.721. The fraction of sp³-hybridized carbons (Fsp3) is 0.750. The molecule has 0 aromatic heterocycles. The molecule has 2 atom stereocenters. The Kier molecular flexibility index (Phi) is 5.20. The molecule has 0 aliphatic carbocycles. The van der Waals surface area contributed by atoms with Crippen LogP contribution in [0.5, 0.6) is 0 Å². The van der Waals surface area contributed by atoms with Crippen molar-refractivity contribution in [1.82, 2.24) is 5.32 Å². The number of ether oxygens (including phenoxy) is 1. The lowest BCUT2D eigenvalue weighted by Crippen LogP contribution is -2.51. The number of carboxylic acid groups (broad SMARTS) is 1. The zero-order chi connectivity index (χ0) is 12.1. The van der Waals surface area contributed by atoms with E-state index >= 15 is 0 Å². The molecule has 7 nitrogen and oxygen atoms in total. The van der Waals surface area contributed by atoms with Crippen molar-refractivity contribution in [3.05, 3.63) is 0 Å². The molecular weight excluding hydrogens is 204 g/mol. The van der Waals surface area contributed by atoms with E-state index in [4.69, 9.17) is 10.8 Å². The molecule has 0 rings (SSSR count). The van der Waals surface area contributed by atoms with Crippen LogP contribution in [0.15, 0.2) is 0 Å². The number of amides is 1. The molecular formula is C8H16N2O5. The normalized spacial score (nSPS) is 16.5. The summed E-state index contributed by atoms with van der Waals surface area (Å²) in [5.41, 5.74) is 3.37. The van der Waals surface area contributed by atoms with Gasteiger partial charge in [-0.15, -0.1) is 0 Å². The van der Waals surface area contributed by atoms with Crippen molar-refractivity contribution in [3.8, 4) is 0 Å². The number of aliphatic hydroxyl groups is 1. The van der Waals surface area contributed by atoms with E-state index in [9.17, 15) is 14.7 Å². The summed E-state index contributed by atoms with van der Waals surface area (Å²) in [7, 11) is 1.39. The highest BCUT2D eigenvalue weighted by molar-refractivity contribution is 5.83. The van der Waals surface area contributed by atoms with Gasteiger partial charge >= 0.3 is 5.97 Å². The molecule has 0 aliphatic heterocycles. The number of hydrogen-bond acceptors (Lipinski definition) is 5. The van der Waals surface area contributed by atoms with E-state index in [-0.39, 0.29) is 6.61 Å². The number of hydrogen-bond donors (Lipinski definition) is 4. The monoisotopic (exact) mass is 220 g/mol. The average Bonchev–Trinajstić information content (AvgIpc) is 2.14. The predicted molar refractivity (Wildman–Crippen MR) is 51.1 cm³/mol. The summed E-state index contributed by atoms with van der Waals surface area (Å²) in [5.74, 6) is -1.98. The summed E-state index contributed by atoms with van der Waals surface area (Å²) < 4.78 is 4.64. The van der Waals surface area contributed by atoms with Gasteiger partial charge in [-0.05, 0) is 6.92 Å². The van der Waals surface area contributed by atoms with Gasteiger partial charge in [-0.1, -0.05) is 0 Å². The molecule has 88 valence electrons. The van der Waals surface area contributed by atoms with Gasteiger partial charge in [0.05, 0.1) is 13.2 Å². The van der Waals surface area contributed by atoms with E-state index in [1.807, 2.05) is 0 Å². The van der Waals surface area contributed by atoms with Gasteiger partial charge in [0.15, 0.2) is 5.60 Å². The van der Waals surface area contributed by atoms with Crippen molar-refractivity contribution in [3.63, 3.8) is 0 Å². The molecule has 0 saturated heterocycles. The minimum absolute atomic E-state index is 0.0288. The van der Waals surface area contributed by atoms with E-state index in [0.29, 0.717) is 0 Å². The number of rotatable bonds is 6. The molecule has 1 amide bonds. The Morgan fingerprint density at radius 2 is 2.13 bits per heavy atom. The third kappa shape index (κ3) is 4.73. The number of carbonyl (C=O) groups excluding carboxylic acids is 1. The van der Waals surface area contributed by atoms with Crippen molar-refractivity contribution in [2.24, 2.45) is 5.73 Å². The van der Waals surface area contributed by atoms with Gasteiger partial charge in [0.25, 0.3) is 0 Å². The SMILES string of the molecule is COCC(N)C(=O)NCC(C)(O)C(=O)O. The second-order valence-corrected chi connectivity index (χ2v) is 3.36. The van der Waals surface area contributed by atoms with E-state index in [0.717, 1.165) is 6.92 Å². The van der Waals surface area contributed by atoms with Gasteiger partial charge in [-0.2, -0.15) is 0 Å². The van der Waals surface area contributed by atoms with E-state index < -0.39 is 30.1 Å². The molecule has 5 N–H and O–H groups in total. The summed E-state index contributed by atoms with van der Waals surface area (Å²) in [6.07, 6.45) is 0. The van der Waals surface area contributed by atoms with Gasteiger partial charge < -0.3 is 26.0 Å². The summed E-state index contributed by atoms with van der Waals surface area (Å²) >= 11 is 0. The van der Waals surface area contributed by atoms with Crippen LogP contribution in [-0.4, -0.2) is 54.0 Å². The van der Waals surface area contributed by atoms with Crippen LogP contribution in [0.1, 0.15) is 6.92 Å². The maximum Gasteiger partial charge on any atom is 0.337 e. The average molecular weight is 220 g/mol. The summed E-state index contributed by atoms with van der Waals surface area (Å²) in [4.78, 5) is 21.7. The first-order chi connectivity index (χ1) is 6.81. The summed E-state index contributed by atoms with van der Waals surface area (Å²) in [6, 6.07) is -0.875. The summed E-state index contributed by atoms with van der Waals surface area (Å²) in [6.45, 7) is 0.705. The topological polar surface area (TPSA) is 122 Å². The van der Waals surface area contributed by atoms with Crippen molar-refractivity contribution >= 4 is 11.9 Å². The Hall–Kier alpha value is -1.18. The predicted octanol–water partition coefficient (Wildman–Crippen LogP) is -2.09. The lowest BCUT2D eigenvalue weighted by atomic mass is 10.1. The van der Waals surface area contributed by atoms with Gasteiger partial charge in [0.1, 0.15) is 6.04 Å². The molecule has 0 aromatic rings. The molecule has 0 bridgehead atoms. The van der Waals surface area contributed by atoms with Crippen LogP contribution < -0.4 is 11.1 Å². The minimum Gasteiger partial charge on any atom is -0.479 e. The van der Waals surface area contributed by atoms with Crippen molar-refractivity contribution in [2.75, 3.05) is 20.3 Å². The van der Waals surface area contributed by atoms with Gasteiger partial charge in [0, 0.05) is 7.11 Å². The zero-order valence-electron chi connectivity index (χ0n) is 8.69. The smallest absolute Gasteiger partial charge is 0.337 e. The molecule has 0 saturated carbocycles. The number of carbonyl (C=O) groups is 2. The van der Waals surface area contributed by atoms with E-state index in [1.165, 1.54) is 7.11 Å². The van der Waals surface area contributed by atoms with Gasteiger partial charge in [-0.3, -0.25) is 4.79 Å². The highest BCUT2D eigenvalue weighted by Gasteiger charge is 2.30. The Balaban J connectivity index is 4.05. The van der Waals surface area contributed by atoms with Crippen LogP contribution in [0.4, 0.5) is 0 Å². The Morgan fingerprint density at radius 3 is 2.53 bits per heavy atom. The van der Waals surface area contributed by atoms with E-state index in [1.54, 1.807) is 0 Å². The third-order valence-electron chi connectivity index (χ3n) is 1.75. The molecule has 0 radical (unpaired) electrons. The molecule has 7 heteroatoms. The molecule has 0 aliphatic rings. The largest absolute Gasteiger partial charge is 0.479 e. The van der Waals surface area contributed by atoms with E-state index in [2.05, 4.69) is 10.1 Å². The lowest BCUT2D eigenvalue weighted by molar-refractivity contribution is -0.156. The Bertz CT molecular complexity index is 241. The highest BCUT2D eigenvalue weighted by Crippen LogP contribution is 2.00. The first kappa shape index (κ1) is 13.8. The molecule has 2 unspecified atom stereocenters. The molecule has 15 heavy (non-hydrogen) atoms. The van der Waals surface area contributed by atoms with Crippen LogP contribution in [0, 0.1) is 0 Å². The zero-order valence-corrected chi connectivity index (χ0v) is 8.69. The minimum atomic E-state index is -2.00. The lowest BCUT2D eigenvalue weighted by Gasteiger charge is -2.19.